The Kier molecular flexibility index (Phi) is 6.40. The number of tetrazole rings is 1. The van der Waals surface area contributed by atoms with Crippen LogP contribution >= 0.6 is 11.8 Å². The quantitative estimate of drug-likeness (QED) is 0.650. The molecule has 1 heterocycles. The van der Waals surface area contributed by atoms with Crippen molar-refractivity contribution >= 4 is 29.3 Å². The lowest BCUT2D eigenvalue weighted by Crippen LogP contribution is -2.39. The lowest BCUT2D eigenvalue weighted by Gasteiger charge is -2.21. The molecule has 1 aromatic carbocycles. The van der Waals surface area contributed by atoms with Gasteiger partial charge in [-0.2, -0.15) is 13.2 Å². The molecule has 2 aromatic rings. The summed E-state index contributed by atoms with van der Waals surface area (Å²) in [6.07, 6.45) is -2.60. The molecule has 0 radical (unpaired) electrons. The van der Waals surface area contributed by atoms with Crippen LogP contribution in [0.3, 0.4) is 0 Å². The van der Waals surface area contributed by atoms with Gasteiger partial charge < -0.3 is 10.2 Å². The van der Waals surface area contributed by atoms with Crippen molar-refractivity contribution in [1.82, 2.24) is 25.1 Å². The van der Waals surface area contributed by atoms with E-state index in [0.717, 1.165) is 18.9 Å². The van der Waals surface area contributed by atoms with E-state index in [4.69, 9.17) is 0 Å². The topological polar surface area (TPSA) is 93.0 Å². The maximum absolute atomic E-state index is 13.0. The molecule has 0 bridgehead atoms. The van der Waals surface area contributed by atoms with Crippen LogP contribution in [0.15, 0.2) is 29.4 Å². The summed E-state index contributed by atoms with van der Waals surface area (Å²) in [6, 6.07) is 4.97. The molecular formula is C17H19F3N6O2S. The third-order valence-corrected chi connectivity index (χ3v) is 5.17. The Labute approximate surface area is 168 Å². The summed E-state index contributed by atoms with van der Waals surface area (Å²) in [6.45, 7) is 1.57. The first kappa shape index (κ1) is 21.1. The normalized spacial score (nSPS) is 13.9. The first-order valence-electron chi connectivity index (χ1n) is 8.94. The van der Waals surface area contributed by atoms with Gasteiger partial charge in [-0.3, -0.25) is 9.59 Å². The summed E-state index contributed by atoms with van der Waals surface area (Å²) < 4.78 is 40.8. The van der Waals surface area contributed by atoms with Gasteiger partial charge in [0.2, 0.25) is 17.0 Å². The van der Waals surface area contributed by atoms with E-state index in [1.165, 1.54) is 34.9 Å². The number of likely N-dealkylation sites (N-methyl/N-ethyl adjacent to an activating group) is 1. The Balaban J connectivity index is 1.57. The zero-order valence-electron chi connectivity index (χ0n) is 15.5. The number of nitrogens with one attached hydrogen (secondary N) is 1. The van der Waals surface area contributed by atoms with Crippen molar-refractivity contribution in [3.63, 3.8) is 0 Å². The van der Waals surface area contributed by atoms with Crippen LogP contribution in [0, 0.1) is 0 Å². The molecule has 0 spiro atoms. The Morgan fingerprint density at radius 1 is 1.31 bits per heavy atom. The molecular weight excluding hydrogens is 409 g/mol. The number of nitrogens with zero attached hydrogens (tertiary/aromatic N) is 5. The summed E-state index contributed by atoms with van der Waals surface area (Å²) in [7, 11) is 0. The molecule has 156 valence electrons. The maximum Gasteiger partial charge on any atom is 0.418 e. The SMILES string of the molecule is CCN(CC(=O)Nc1ccccc1C(F)(F)F)C(=O)CSc1nnnn1C1CC1. The number of benzene rings is 1. The molecule has 12 heteroatoms. The van der Waals surface area contributed by atoms with Gasteiger partial charge in [0.15, 0.2) is 0 Å². The highest BCUT2D eigenvalue weighted by Crippen LogP contribution is 2.36. The zero-order chi connectivity index (χ0) is 21.0. The van der Waals surface area contributed by atoms with Gasteiger partial charge >= 0.3 is 6.18 Å². The molecule has 0 atom stereocenters. The molecule has 1 fully saturated rings. The van der Waals surface area contributed by atoms with Crippen molar-refractivity contribution in [1.29, 1.82) is 0 Å². The number of anilines is 1. The second-order valence-corrected chi connectivity index (χ2v) is 7.37. The van der Waals surface area contributed by atoms with Crippen LogP contribution in [0.1, 0.15) is 31.4 Å². The van der Waals surface area contributed by atoms with Crippen LogP contribution in [0.5, 0.6) is 0 Å². The van der Waals surface area contributed by atoms with E-state index in [1.807, 2.05) is 0 Å². The van der Waals surface area contributed by atoms with Gasteiger partial charge in [0.25, 0.3) is 0 Å². The van der Waals surface area contributed by atoms with Gasteiger partial charge in [-0.25, -0.2) is 4.68 Å². The third kappa shape index (κ3) is 5.46. The predicted molar refractivity (Wildman–Crippen MR) is 99.1 cm³/mol. The van der Waals surface area contributed by atoms with E-state index in [0.29, 0.717) is 5.16 Å². The lowest BCUT2D eigenvalue weighted by molar-refractivity contribution is -0.137. The van der Waals surface area contributed by atoms with Crippen molar-refractivity contribution in [3.05, 3.63) is 29.8 Å². The Hall–Kier alpha value is -2.63. The van der Waals surface area contributed by atoms with Crippen molar-refractivity contribution in [3.8, 4) is 0 Å². The zero-order valence-corrected chi connectivity index (χ0v) is 16.3. The van der Waals surface area contributed by atoms with E-state index in [1.54, 1.807) is 11.6 Å². The number of carbonyl (C=O) groups is 2. The van der Waals surface area contributed by atoms with Gasteiger partial charge in [0, 0.05) is 6.54 Å². The lowest BCUT2D eigenvalue weighted by atomic mass is 10.1. The summed E-state index contributed by atoms with van der Waals surface area (Å²) in [5.41, 5.74) is -1.28. The Bertz CT molecular complexity index is 884. The minimum absolute atomic E-state index is 0.0212. The fourth-order valence-corrected chi connectivity index (χ4v) is 3.47. The van der Waals surface area contributed by atoms with Gasteiger partial charge in [-0.05, 0) is 42.3 Å². The second kappa shape index (κ2) is 8.80. The fraction of sp³-hybridized carbons (Fsp3) is 0.471. The monoisotopic (exact) mass is 428 g/mol. The van der Waals surface area contributed by atoms with E-state index in [2.05, 4.69) is 20.8 Å². The highest BCUT2D eigenvalue weighted by atomic mass is 32.2. The summed E-state index contributed by atoms with van der Waals surface area (Å²) in [4.78, 5) is 25.9. The molecule has 1 aliphatic carbocycles. The van der Waals surface area contributed by atoms with Crippen LogP contribution in [0.4, 0.5) is 18.9 Å². The third-order valence-electron chi connectivity index (χ3n) is 4.26. The number of thioether (sulfide) groups is 1. The molecule has 1 aliphatic rings. The highest BCUT2D eigenvalue weighted by molar-refractivity contribution is 7.99. The summed E-state index contributed by atoms with van der Waals surface area (Å²) in [5, 5.41) is 14.2. The number of para-hydroxylation sites is 1. The standard InChI is InChI=1S/C17H19F3N6O2S/c1-2-25(15(28)10-29-16-22-23-24-26(16)11-7-8-11)9-14(27)21-13-6-4-3-5-12(13)17(18,19)20/h3-6,11H,2,7-10H2,1H3,(H,21,27). The van der Waals surface area contributed by atoms with Gasteiger partial charge in [0.05, 0.1) is 29.6 Å². The number of hydrogen-bond donors (Lipinski definition) is 1. The highest BCUT2D eigenvalue weighted by Gasteiger charge is 2.33. The number of rotatable bonds is 8. The minimum atomic E-state index is -4.59. The number of amides is 2. The molecule has 8 nitrogen and oxygen atoms in total. The number of hydrogen-bond acceptors (Lipinski definition) is 6. The molecule has 1 N–H and O–H groups in total. The molecule has 0 unspecified atom stereocenters. The van der Waals surface area contributed by atoms with Crippen LogP contribution < -0.4 is 5.32 Å². The fourth-order valence-electron chi connectivity index (χ4n) is 2.63. The summed E-state index contributed by atoms with van der Waals surface area (Å²) in [5.74, 6) is -1.01. The number of carbonyl (C=O) groups excluding carboxylic acids is 2. The first-order chi connectivity index (χ1) is 13.8. The molecule has 29 heavy (non-hydrogen) atoms. The van der Waals surface area contributed by atoms with E-state index < -0.39 is 17.6 Å². The second-order valence-electron chi connectivity index (χ2n) is 6.43. The molecule has 0 saturated heterocycles. The van der Waals surface area contributed by atoms with Crippen molar-refractivity contribution in [2.24, 2.45) is 0 Å². The average Bonchev–Trinajstić information content (AvgIpc) is 3.41. The van der Waals surface area contributed by atoms with Crippen molar-refractivity contribution < 1.29 is 22.8 Å². The first-order valence-corrected chi connectivity index (χ1v) is 9.92. The maximum atomic E-state index is 13.0. The van der Waals surface area contributed by atoms with Crippen molar-refractivity contribution in [2.45, 2.75) is 37.1 Å². The molecule has 2 amide bonds. The molecule has 3 rings (SSSR count). The molecule has 1 aromatic heterocycles. The summed E-state index contributed by atoms with van der Waals surface area (Å²) >= 11 is 1.17. The average molecular weight is 428 g/mol. The van der Waals surface area contributed by atoms with Gasteiger partial charge in [-0.1, -0.05) is 23.9 Å². The van der Waals surface area contributed by atoms with Crippen LogP contribution in [0.25, 0.3) is 0 Å². The Morgan fingerprint density at radius 3 is 2.69 bits per heavy atom. The Morgan fingerprint density at radius 2 is 2.03 bits per heavy atom. The number of alkyl halides is 3. The van der Waals surface area contributed by atoms with Gasteiger partial charge in [-0.15, -0.1) is 5.10 Å². The number of halogens is 3. The van der Waals surface area contributed by atoms with E-state index in [-0.39, 0.29) is 36.5 Å². The number of aromatic nitrogens is 4. The van der Waals surface area contributed by atoms with Crippen LogP contribution in [-0.4, -0.2) is 55.8 Å². The van der Waals surface area contributed by atoms with Crippen molar-refractivity contribution in [2.75, 3.05) is 24.2 Å². The molecule has 1 saturated carbocycles. The predicted octanol–water partition coefficient (Wildman–Crippen LogP) is 2.61. The minimum Gasteiger partial charge on any atom is -0.333 e. The van der Waals surface area contributed by atoms with E-state index >= 15 is 0 Å². The largest absolute Gasteiger partial charge is 0.418 e. The van der Waals surface area contributed by atoms with E-state index in [9.17, 15) is 22.8 Å². The van der Waals surface area contributed by atoms with Crippen LogP contribution in [-0.2, 0) is 15.8 Å². The smallest absolute Gasteiger partial charge is 0.333 e. The molecule has 0 aliphatic heterocycles. The van der Waals surface area contributed by atoms with Gasteiger partial charge in [0.1, 0.15) is 0 Å². The van der Waals surface area contributed by atoms with Crippen LogP contribution in [0.2, 0.25) is 0 Å².